The molecule has 0 aliphatic rings. The summed E-state index contributed by atoms with van der Waals surface area (Å²) < 4.78 is 32.4. The van der Waals surface area contributed by atoms with Crippen LogP contribution in [0.1, 0.15) is 13.3 Å². The number of hydrogen-bond acceptors (Lipinski definition) is 6. The summed E-state index contributed by atoms with van der Waals surface area (Å²) in [7, 11) is 0. The molecule has 0 aliphatic heterocycles. The molecule has 1 aromatic carbocycles. The fraction of sp³-hybridized carbons (Fsp3) is 0.250. The lowest BCUT2D eigenvalue weighted by molar-refractivity contribution is 0.292. The smallest absolute Gasteiger partial charge is 0.323 e. The van der Waals surface area contributed by atoms with Crippen LogP contribution in [0.5, 0.6) is 6.01 Å². The maximum Gasteiger partial charge on any atom is 0.323 e. The Labute approximate surface area is 127 Å². The molecule has 9 heteroatoms. The van der Waals surface area contributed by atoms with Crippen LogP contribution in [-0.2, 0) is 0 Å². The number of halogens is 3. The third-order valence-electron chi connectivity index (χ3n) is 2.32. The van der Waals surface area contributed by atoms with Crippen molar-refractivity contribution in [3.8, 4) is 6.01 Å². The van der Waals surface area contributed by atoms with E-state index in [1.807, 2.05) is 6.92 Å². The van der Waals surface area contributed by atoms with Gasteiger partial charge in [-0.3, -0.25) is 0 Å². The molecule has 0 amide bonds. The van der Waals surface area contributed by atoms with Crippen molar-refractivity contribution >= 4 is 33.5 Å². The molecule has 1 aromatic heterocycles. The quantitative estimate of drug-likeness (QED) is 0.798. The largest absolute Gasteiger partial charge is 0.463 e. The molecule has 21 heavy (non-hydrogen) atoms. The molecule has 0 unspecified atom stereocenters. The SMILES string of the molecule is CCCOc1nc(N)nc(Nc2cc(F)c(Br)cc2F)n1. The molecular formula is C12H12BrF2N5O. The molecule has 0 spiro atoms. The van der Waals surface area contributed by atoms with Crippen LogP contribution in [0, 0.1) is 11.6 Å². The number of rotatable bonds is 5. The van der Waals surface area contributed by atoms with Crippen LogP contribution < -0.4 is 15.8 Å². The first-order chi connectivity index (χ1) is 9.99. The Hall–Kier alpha value is -2.03. The molecule has 0 aliphatic carbocycles. The average Bonchev–Trinajstić information content (AvgIpc) is 2.42. The van der Waals surface area contributed by atoms with Crippen molar-refractivity contribution in [3.05, 3.63) is 28.2 Å². The Morgan fingerprint density at radius 3 is 2.71 bits per heavy atom. The van der Waals surface area contributed by atoms with Crippen molar-refractivity contribution in [2.24, 2.45) is 0 Å². The van der Waals surface area contributed by atoms with Crippen molar-refractivity contribution in [1.29, 1.82) is 0 Å². The number of nitrogens with one attached hydrogen (secondary N) is 1. The standard InChI is InChI=1S/C12H12BrF2N5O/c1-2-3-21-12-19-10(16)18-11(20-12)17-9-5-7(14)6(13)4-8(9)15/h4-5H,2-3H2,1H3,(H3,16,17,18,19,20). The van der Waals surface area contributed by atoms with Crippen molar-refractivity contribution in [2.75, 3.05) is 17.7 Å². The second kappa shape index (κ2) is 6.61. The molecule has 0 fully saturated rings. The zero-order chi connectivity index (χ0) is 15.4. The van der Waals surface area contributed by atoms with Gasteiger partial charge in [0.1, 0.15) is 11.6 Å². The Bertz CT molecular complexity index is 656. The predicted molar refractivity (Wildman–Crippen MR) is 77.4 cm³/mol. The van der Waals surface area contributed by atoms with E-state index in [1.165, 1.54) is 0 Å². The van der Waals surface area contributed by atoms with Crippen molar-refractivity contribution in [2.45, 2.75) is 13.3 Å². The van der Waals surface area contributed by atoms with Gasteiger partial charge in [-0.15, -0.1) is 0 Å². The Morgan fingerprint density at radius 1 is 1.24 bits per heavy atom. The minimum atomic E-state index is -0.668. The zero-order valence-corrected chi connectivity index (χ0v) is 12.6. The number of benzene rings is 1. The van der Waals surface area contributed by atoms with Crippen molar-refractivity contribution in [1.82, 2.24) is 15.0 Å². The normalized spacial score (nSPS) is 10.5. The van der Waals surface area contributed by atoms with E-state index in [1.54, 1.807) is 0 Å². The highest BCUT2D eigenvalue weighted by Crippen LogP contribution is 2.25. The lowest BCUT2D eigenvalue weighted by atomic mass is 10.3. The minimum absolute atomic E-state index is 0.0184. The molecule has 3 N–H and O–H groups in total. The third kappa shape index (κ3) is 3.97. The number of nitrogen functional groups attached to an aromatic ring is 1. The second-order valence-electron chi connectivity index (χ2n) is 4.02. The first-order valence-corrected chi connectivity index (χ1v) is 6.84. The topological polar surface area (TPSA) is 86.0 Å². The van der Waals surface area contributed by atoms with Gasteiger partial charge in [-0.05, 0) is 28.4 Å². The van der Waals surface area contributed by atoms with E-state index in [9.17, 15) is 8.78 Å². The number of hydrogen-bond donors (Lipinski definition) is 2. The Balaban J connectivity index is 2.27. The summed E-state index contributed by atoms with van der Waals surface area (Å²) in [5.74, 6) is -1.41. The van der Waals surface area contributed by atoms with E-state index in [0.717, 1.165) is 18.6 Å². The van der Waals surface area contributed by atoms with E-state index in [-0.39, 0.29) is 28.1 Å². The minimum Gasteiger partial charge on any atom is -0.463 e. The number of nitrogens with two attached hydrogens (primary N) is 1. The average molecular weight is 360 g/mol. The summed E-state index contributed by atoms with van der Waals surface area (Å²) in [6.07, 6.45) is 0.765. The molecule has 2 rings (SSSR count). The van der Waals surface area contributed by atoms with Gasteiger partial charge in [0.25, 0.3) is 0 Å². The summed E-state index contributed by atoms with van der Waals surface area (Å²) in [6.45, 7) is 2.33. The molecule has 0 radical (unpaired) electrons. The van der Waals surface area contributed by atoms with E-state index in [0.29, 0.717) is 6.61 Å². The van der Waals surface area contributed by atoms with Gasteiger partial charge >= 0.3 is 6.01 Å². The first-order valence-electron chi connectivity index (χ1n) is 6.05. The monoisotopic (exact) mass is 359 g/mol. The molecule has 1 heterocycles. The highest BCUT2D eigenvalue weighted by Gasteiger charge is 2.11. The van der Waals surface area contributed by atoms with Crippen molar-refractivity contribution < 1.29 is 13.5 Å². The van der Waals surface area contributed by atoms with E-state index < -0.39 is 11.6 Å². The maximum atomic E-state index is 13.7. The van der Waals surface area contributed by atoms with Gasteiger partial charge in [0.15, 0.2) is 0 Å². The van der Waals surface area contributed by atoms with E-state index in [4.69, 9.17) is 10.5 Å². The van der Waals surface area contributed by atoms with Crippen LogP contribution in [0.15, 0.2) is 16.6 Å². The van der Waals surface area contributed by atoms with Gasteiger partial charge in [0.05, 0.1) is 16.8 Å². The molecule has 2 aromatic rings. The third-order valence-corrected chi connectivity index (χ3v) is 2.93. The predicted octanol–water partition coefficient (Wildman–Crippen LogP) is 3.03. The molecule has 112 valence electrons. The number of nitrogens with zero attached hydrogens (tertiary/aromatic N) is 3. The first kappa shape index (κ1) is 15.4. The lowest BCUT2D eigenvalue weighted by Crippen LogP contribution is -2.08. The number of ether oxygens (including phenoxy) is 1. The van der Waals surface area contributed by atoms with Crippen LogP contribution in [-0.4, -0.2) is 21.6 Å². The van der Waals surface area contributed by atoms with Gasteiger partial charge in [-0.25, -0.2) is 8.78 Å². The van der Waals surface area contributed by atoms with Crippen LogP contribution in [0.3, 0.4) is 0 Å². The maximum absolute atomic E-state index is 13.7. The number of anilines is 3. The molecular weight excluding hydrogens is 348 g/mol. The summed E-state index contributed by atoms with van der Waals surface area (Å²) in [6, 6.07) is 1.99. The molecule has 6 nitrogen and oxygen atoms in total. The Kier molecular flexibility index (Phi) is 4.84. The van der Waals surface area contributed by atoms with Crippen LogP contribution in [0.4, 0.5) is 26.4 Å². The molecule has 0 saturated heterocycles. The van der Waals surface area contributed by atoms with E-state index in [2.05, 4.69) is 36.2 Å². The lowest BCUT2D eigenvalue weighted by Gasteiger charge is -2.09. The highest BCUT2D eigenvalue weighted by molar-refractivity contribution is 9.10. The van der Waals surface area contributed by atoms with Crippen LogP contribution >= 0.6 is 15.9 Å². The summed E-state index contributed by atoms with van der Waals surface area (Å²) in [5.41, 5.74) is 5.40. The summed E-state index contributed by atoms with van der Waals surface area (Å²) in [5, 5.41) is 2.54. The fourth-order valence-corrected chi connectivity index (χ4v) is 1.74. The van der Waals surface area contributed by atoms with E-state index >= 15 is 0 Å². The summed E-state index contributed by atoms with van der Waals surface area (Å²) in [4.78, 5) is 11.5. The van der Waals surface area contributed by atoms with Gasteiger partial charge in [0, 0.05) is 6.07 Å². The fourth-order valence-electron chi connectivity index (χ4n) is 1.42. The van der Waals surface area contributed by atoms with Crippen LogP contribution in [0.2, 0.25) is 0 Å². The highest BCUT2D eigenvalue weighted by atomic mass is 79.9. The second-order valence-corrected chi connectivity index (χ2v) is 4.87. The van der Waals surface area contributed by atoms with Crippen LogP contribution in [0.25, 0.3) is 0 Å². The summed E-state index contributed by atoms with van der Waals surface area (Å²) >= 11 is 2.89. The van der Waals surface area contributed by atoms with Gasteiger partial charge in [-0.1, -0.05) is 6.92 Å². The van der Waals surface area contributed by atoms with Gasteiger partial charge in [0.2, 0.25) is 11.9 Å². The van der Waals surface area contributed by atoms with Gasteiger partial charge < -0.3 is 15.8 Å². The zero-order valence-electron chi connectivity index (χ0n) is 11.0. The van der Waals surface area contributed by atoms with Gasteiger partial charge in [-0.2, -0.15) is 15.0 Å². The molecule has 0 saturated carbocycles. The Morgan fingerprint density at radius 2 is 2.00 bits per heavy atom. The molecule has 0 bridgehead atoms. The molecule has 0 atom stereocenters. The number of aromatic nitrogens is 3. The van der Waals surface area contributed by atoms with Crippen molar-refractivity contribution in [3.63, 3.8) is 0 Å².